The monoisotopic (exact) mass is 388 g/mol. The number of nitrogens with one attached hydrogen (secondary N) is 1. The highest BCUT2D eigenvalue weighted by Crippen LogP contribution is 2.13. The molecule has 3 amide bonds. The van der Waals surface area contributed by atoms with E-state index in [0.717, 1.165) is 29.7 Å². The van der Waals surface area contributed by atoms with Gasteiger partial charge in [0.25, 0.3) is 5.91 Å². The molecule has 6 nitrogen and oxygen atoms in total. The molecule has 0 saturated heterocycles. The lowest BCUT2D eigenvalue weighted by molar-refractivity contribution is 0.0995. The number of aromatic nitrogens is 1. The molecular weight excluding hydrogens is 352 g/mol. The minimum atomic E-state index is -0.563. The van der Waals surface area contributed by atoms with Crippen molar-refractivity contribution in [3.8, 4) is 0 Å². The Morgan fingerprint density at radius 3 is 2.43 bits per heavy atom. The van der Waals surface area contributed by atoms with E-state index >= 15 is 0 Å². The molecule has 0 atom stereocenters. The van der Waals surface area contributed by atoms with E-state index in [0.29, 0.717) is 13.1 Å². The van der Waals surface area contributed by atoms with Gasteiger partial charge in [-0.25, -0.2) is 4.79 Å². The van der Waals surface area contributed by atoms with Gasteiger partial charge < -0.3 is 16.0 Å². The van der Waals surface area contributed by atoms with Crippen molar-refractivity contribution >= 4 is 17.6 Å². The Hall–Kier alpha value is -2.89. The SMILES string of the molecule is CCC.CCCCN(Cc1ccc(C(N)=O)nc1)C(=O)Nc1cccc(C)c1.[HH].[HH]. The first-order valence-electron chi connectivity index (χ1n) is 9.78. The Morgan fingerprint density at radius 1 is 1.18 bits per heavy atom. The number of carbonyl (C=O) groups excluding carboxylic acids is 2. The van der Waals surface area contributed by atoms with Gasteiger partial charge in [-0.05, 0) is 42.7 Å². The van der Waals surface area contributed by atoms with Crippen LogP contribution in [-0.4, -0.2) is 28.4 Å². The highest BCUT2D eigenvalue weighted by molar-refractivity contribution is 5.91. The summed E-state index contributed by atoms with van der Waals surface area (Å²) in [5.74, 6) is -0.563. The van der Waals surface area contributed by atoms with Crippen LogP contribution in [0.3, 0.4) is 0 Å². The molecule has 0 aliphatic carbocycles. The molecule has 156 valence electrons. The zero-order chi connectivity index (χ0) is 20.9. The van der Waals surface area contributed by atoms with Crippen molar-refractivity contribution < 1.29 is 12.4 Å². The minimum Gasteiger partial charge on any atom is -0.364 e. The van der Waals surface area contributed by atoms with Crippen LogP contribution in [-0.2, 0) is 6.54 Å². The summed E-state index contributed by atoms with van der Waals surface area (Å²) in [5, 5.41) is 2.93. The van der Waals surface area contributed by atoms with Gasteiger partial charge in [-0.3, -0.25) is 9.78 Å². The fraction of sp³-hybridized carbons (Fsp3) is 0.409. The van der Waals surface area contributed by atoms with Crippen LogP contribution in [0.1, 0.15) is 64.5 Å². The van der Waals surface area contributed by atoms with Gasteiger partial charge in [-0.1, -0.05) is 51.8 Å². The average molecular weight is 389 g/mol. The Kier molecular flexibility index (Phi) is 10.3. The first-order chi connectivity index (χ1) is 13.4. The van der Waals surface area contributed by atoms with Crippen LogP contribution < -0.4 is 11.1 Å². The average Bonchev–Trinajstić information content (AvgIpc) is 2.66. The van der Waals surface area contributed by atoms with Crippen LogP contribution in [0.4, 0.5) is 10.5 Å². The van der Waals surface area contributed by atoms with Crippen molar-refractivity contribution in [2.75, 3.05) is 11.9 Å². The fourth-order valence-electron chi connectivity index (χ4n) is 2.41. The molecule has 0 bridgehead atoms. The summed E-state index contributed by atoms with van der Waals surface area (Å²) in [7, 11) is 0. The Balaban J connectivity index is 0. The molecule has 1 heterocycles. The van der Waals surface area contributed by atoms with Crippen molar-refractivity contribution in [3.05, 3.63) is 59.4 Å². The molecule has 1 aromatic carbocycles. The molecule has 1 aromatic heterocycles. The maximum atomic E-state index is 12.6. The smallest absolute Gasteiger partial charge is 0.322 e. The number of amides is 3. The predicted octanol–water partition coefficient (Wildman–Crippen LogP) is 5.23. The van der Waals surface area contributed by atoms with Gasteiger partial charge in [-0.2, -0.15) is 0 Å². The van der Waals surface area contributed by atoms with Gasteiger partial charge in [0, 0.05) is 27.8 Å². The van der Waals surface area contributed by atoms with E-state index in [-0.39, 0.29) is 14.6 Å². The third-order valence-corrected chi connectivity index (χ3v) is 3.79. The number of aryl methyl sites for hydroxylation is 1. The molecule has 0 unspecified atom stereocenters. The quantitative estimate of drug-likeness (QED) is 0.680. The largest absolute Gasteiger partial charge is 0.364 e. The van der Waals surface area contributed by atoms with Gasteiger partial charge in [0.1, 0.15) is 5.69 Å². The number of urea groups is 1. The van der Waals surface area contributed by atoms with Crippen molar-refractivity contribution in [2.24, 2.45) is 5.73 Å². The summed E-state index contributed by atoms with van der Waals surface area (Å²) in [4.78, 5) is 29.5. The second-order valence-corrected chi connectivity index (χ2v) is 6.70. The van der Waals surface area contributed by atoms with Crippen LogP contribution in [0.5, 0.6) is 0 Å². The molecule has 6 heteroatoms. The summed E-state index contributed by atoms with van der Waals surface area (Å²) in [6.07, 6.45) is 4.74. The Labute approximate surface area is 171 Å². The number of benzene rings is 1. The number of carbonyl (C=O) groups is 2. The van der Waals surface area contributed by atoms with Crippen molar-refractivity contribution in [3.63, 3.8) is 0 Å². The number of hydrogen-bond acceptors (Lipinski definition) is 3. The molecule has 2 rings (SSSR count). The lowest BCUT2D eigenvalue weighted by Gasteiger charge is -2.23. The molecule has 0 aliphatic heterocycles. The van der Waals surface area contributed by atoms with E-state index in [1.807, 2.05) is 31.2 Å². The first-order valence-corrected chi connectivity index (χ1v) is 9.78. The number of pyridine rings is 1. The molecular formula is C22H36N4O2. The van der Waals surface area contributed by atoms with Crippen molar-refractivity contribution in [2.45, 2.75) is 53.5 Å². The summed E-state index contributed by atoms with van der Waals surface area (Å²) in [6, 6.07) is 10.9. The zero-order valence-corrected chi connectivity index (χ0v) is 17.4. The third kappa shape index (κ3) is 8.20. The summed E-state index contributed by atoms with van der Waals surface area (Å²) < 4.78 is 0. The lowest BCUT2D eigenvalue weighted by atomic mass is 10.2. The highest BCUT2D eigenvalue weighted by atomic mass is 16.2. The van der Waals surface area contributed by atoms with Gasteiger partial charge in [0.05, 0.1) is 0 Å². The molecule has 0 radical (unpaired) electrons. The van der Waals surface area contributed by atoms with Crippen LogP contribution in [0.15, 0.2) is 42.6 Å². The molecule has 0 saturated carbocycles. The maximum Gasteiger partial charge on any atom is 0.322 e. The Morgan fingerprint density at radius 2 is 1.89 bits per heavy atom. The number of hydrogen-bond donors (Lipinski definition) is 2. The van der Waals surface area contributed by atoms with E-state index in [2.05, 4.69) is 31.1 Å². The number of primary amides is 1. The van der Waals surface area contributed by atoms with Crippen LogP contribution in [0.25, 0.3) is 0 Å². The summed E-state index contributed by atoms with van der Waals surface area (Å²) in [5.41, 5.74) is 8.12. The van der Waals surface area contributed by atoms with Gasteiger partial charge in [0.15, 0.2) is 0 Å². The molecule has 0 spiro atoms. The highest BCUT2D eigenvalue weighted by Gasteiger charge is 2.14. The molecule has 0 fully saturated rings. The van der Waals surface area contributed by atoms with Crippen LogP contribution in [0.2, 0.25) is 0 Å². The second-order valence-electron chi connectivity index (χ2n) is 6.70. The summed E-state index contributed by atoms with van der Waals surface area (Å²) in [6.45, 7) is 9.38. The lowest BCUT2D eigenvalue weighted by Crippen LogP contribution is -2.35. The standard InChI is InChI=1S/C19H24N4O2.C3H8.2H2/c1-3-4-10-23(13-15-8-9-17(18(20)24)21-12-15)19(25)22-16-7-5-6-14(2)11-16;1-3-2;;/h5-9,11-12H,3-4,10,13H2,1-2H3,(H2,20,24)(H,22,25);3H2,1-2H3;2*1H. The van der Waals surface area contributed by atoms with Gasteiger partial charge in [0.2, 0.25) is 0 Å². The minimum absolute atomic E-state index is 0. The normalized spacial score (nSPS) is 9.86. The number of nitrogens with two attached hydrogens (primary N) is 1. The first kappa shape index (κ1) is 23.1. The van der Waals surface area contributed by atoms with Crippen LogP contribution >= 0.6 is 0 Å². The molecule has 28 heavy (non-hydrogen) atoms. The molecule has 3 N–H and O–H groups in total. The Bertz CT molecular complexity index is 755. The fourth-order valence-corrected chi connectivity index (χ4v) is 2.41. The molecule has 0 aliphatic rings. The summed E-state index contributed by atoms with van der Waals surface area (Å²) >= 11 is 0. The number of rotatable bonds is 7. The van der Waals surface area contributed by atoms with Crippen molar-refractivity contribution in [1.82, 2.24) is 9.88 Å². The van der Waals surface area contributed by atoms with E-state index in [1.54, 1.807) is 23.2 Å². The van der Waals surface area contributed by atoms with Crippen molar-refractivity contribution in [1.29, 1.82) is 0 Å². The van der Waals surface area contributed by atoms with E-state index in [4.69, 9.17) is 5.73 Å². The molecule has 2 aromatic rings. The zero-order valence-electron chi connectivity index (χ0n) is 17.4. The van der Waals surface area contributed by atoms with E-state index in [1.165, 1.54) is 6.42 Å². The van der Waals surface area contributed by atoms with Gasteiger partial charge in [-0.15, -0.1) is 0 Å². The predicted molar refractivity (Wildman–Crippen MR) is 118 cm³/mol. The second kappa shape index (κ2) is 12.5. The number of nitrogens with zero attached hydrogens (tertiary/aromatic N) is 2. The maximum absolute atomic E-state index is 12.6. The van der Waals surface area contributed by atoms with E-state index < -0.39 is 5.91 Å². The van der Waals surface area contributed by atoms with Crippen LogP contribution in [0, 0.1) is 6.92 Å². The number of anilines is 1. The number of unbranched alkanes of at least 4 members (excludes halogenated alkanes) is 1. The van der Waals surface area contributed by atoms with Gasteiger partial charge >= 0.3 is 6.03 Å². The third-order valence-electron chi connectivity index (χ3n) is 3.79. The topological polar surface area (TPSA) is 88.3 Å². The van der Waals surface area contributed by atoms with E-state index in [9.17, 15) is 9.59 Å².